The van der Waals surface area contributed by atoms with Crippen molar-refractivity contribution in [3.63, 3.8) is 0 Å². The van der Waals surface area contributed by atoms with Gasteiger partial charge in [0.2, 0.25) is 0 Å². The Hall–Kier alpha value is -0.830. The number of aromatic nitrogens is 2. The zero-order valence-corrected chi connectivity index (χ0v) is 8.80. The van der Waals surface area contributed by atoms with Crippen molar-refractivity contribution < 1.29 is 0 Å². The van der Waals surface area contributed by atoms with Crippen LogP contribution in [0.3, 0.4) is 0 Å². The highest BCUT2D eigenvalue weighted by Crippen LogP contribution is 2.16. The molecule has 0 fully saturated rings. The topological polar surface area (TPSA) is 17.8 Å². The van der Waals surface area contributed by atoms with Gasteiger partial charge in [-0.05, 0) is 26.0 Å². The molecule has 1 rings (SSSR count). The maximum absolute atomic E-state index is 4.26. The van der Waals surface area contributed by atoms with Crippen LogP contribution in [0.4, 0.5) is 0 Å². The maximum Gasteiger partial charge on any atom is 0.0738 e. The van der Waals surface area contributed by atoms with Crippen LogP contribution in [0.2, 0.25) is 0 Å². The first-order valence-electron chi connectivity index (χ1n) is 3.66. The van der Waals surface area contributed by atoms with E-state index < -0.39 is 0 Å². The first-order chi connectivity index (χ1) is 5.65. The van der Waals surface area contributed by atoms with Gasteiger partial charge in [-0.15, -0.1) is 0 Å². The molecule has 0 amide bonds. The Morgan fingerprint density at radius 2 is 2.42 bits per heavy atom. The van der Waals surface area contributed by atoms with Crippen LogP contribution >= 0.6 is 15.9 Å². The number of allylic oxidation sites excluding steroid dienone is 3. The quantitative estimate of drug-likeness (QED) is 0.710. The number of rotatable bonds is 2. The first kappa shape index (κ1) is 9.26. The van der Waals surface area contributed by atoms with Gasteiger partial charge >= 0.3 is 0 Å². The third-order valence-corrected chi connectivity index (χ3v) is 1.92. The van der Waals surface area contributed by atoms with Crippen LogP contribution in [-0.4, -0.2) is 9.78 Å². The summed E-state index contributed by atoms with van der Waals surface area (Å²) in [5.74, 6) is 0. The highest BCUT2D eigenvalue weighted by atomic mass is 79.9. The summed E-state index contributed by atoms with van der Waals surface area (Å²) < 4.78 is 2.83. The van der Waals surface area contributed by atoms with Crippen molar-refractivity contribution in [3.05, 3.63) is 35.1 Å². The maximum atomic E-state index is 4.26. The molecule has 0 aliphatic heterocycles. The summed E-state index contributed by atoms with van der Waals surface area (Å²) in [5, 5.41) is 4.26. The van der Waals surface area contributed by atoms with E-state index in [0.717, 1.165) is 15.9 Å². The van der Waals surface area contributed by atoms with Gasteiger partial charge in [0.15, 0.2) is 0 Å². The van der Waals surface area contributed by atoms with E-state index in [1.807, 2.05) is 26.1 Å². The van der Waals surface area contributed by atoms with E-state index in [1.54, 1.807) is 10.8 Å². The predicted octanol–water partition coefficient (Wildman–Crippen LogP) is 2.96. The van der Waals surface area contributed by atoms with Gasteiger partial charge < -0.3 is 0 Å². The van der Waals surface area contributed by atoms with Crippen LogP contribution in [-0.2, 0) is 0 Å². The molecule has 1 aromatic rings. The molecule has 0 atom stereocenters. The van der Waals surface area contributed by atoms with Gasteiger partial charge in [0.25, 0.3) is 0 Å². The third kappa shape index (κ3) is 1.85. The van der Waals surface area contributed by atoms with Gasteiger partial charge in [-0.25, -0.2) is 4.68 Å². The summed E-state index contributed by atoms with van der Waals surface area (Å²) in [6, 6.07) is 1.96. The second kappa shape index (κ2) is 3.72. The molecule has 0 saturated heterocycles. The molecule has 0 aliphatic carbocycles. The van der Waals surface area contributed by atoms with Crippen molar-refractivity contribution in [2.45, 2.75) is 13.8 Å². The molecule has 3 heteroatoms. The van der Waals surface area contributed by atoms with Crippen LogP contribution in [0, 0.1) is 6.92 Å². The molecule has 64 valence electrons. The fourth-order valence-corrected chi connectivity index (χ4v) is 1.28. The molecule has 0 bridgehead atoms. The van der Waals surface area contributed by atoms with Crippen molar-refractivity contribution in [3.8, 4) is 0 Å². The minimum Gasteiger partial charge on any atom is -0.240 e. The standard InChI is InChI=1S/C9H11BrN2/c1-4-9(8(3)10)12-6-5-7(2)11-12/h4-6H,1H2,2-3H3. The summed E-state index contributed by atoms with van der Waals surface area (Å²) in [7, 11) is 0. The molecule has 0 unspecified atom stereocenters. The first-order valence-corrected chi connectivity index (χ1v) is 4.46. The summed E-state index contributed by atoms with van der Waals surface area (Å²) in [6.45, 7) is 7.64. The molecule has 1 aromatic heterocycles. The van der Waals surface area contributed by atoms with E-state index in [2.05, 4.69) is 27.6 Å². The molecule has 2 nitrogen and oxygen atoms in total. The van der Waals surface area contributed by atoms with Crippen LogP contribution < -0.4 is 0 Å². The van der Waals surface area contributed by atoms with Gasteiger partial charge in [0, 0.05) is 10.7 Å². The van der Waals surface area contributed by atoms with Gasteiger partial charge in [-0.2, -0.15) is 5.10 Å². The van der Waals surface area contributed by atoms with E-state index in [9.17, 15) is 0 Å². The number of aryl methyl sites for hydroxylation is 1. The SMILES string of the molecule is C=CC(=C(C)Br)n1ccc(C)n1. The van der Waals surface area contributed by atoms with Crippen LogP contribution in [0.25, 0.3) is 5.70 Å². The molecule has 12 heavy (non-hydrogen) atoms. The Morgan fingerprint density at radius 1 is 1.75 bits per heavy atom. The minimum absolute atomic E-state index is 0.975. The zero-order chi connectivity index (χ0) is 9.14. The molecule has 0 aliphatic rings. The van der Waals surface area contributed by atoms with Crippen molar-refractivity contribution in [1.29, 1.82) is 0 Å². The smallest absolute Gasteiger partial charge is 0.0738 e. The van der Waals surface area contributed by atoms with Gasteiger partial charge in [-0.1, -0.05) is 22.5 Å². The molecular weight excluding hydrogens is 216 g/mol. The molecule has 0 saturated carbocycles. The highest BCUT2D eigenvalue weighted by molar-refractivity contribution is 9.11. The van der Waals surface area contributed by atoms with E-state index >= 15 is 0 Å². The zero-order valence-electron chi connectivity index (χ0n) is 7.21. The summed E-state index contributed by atoms with van der Waals surface area (Å²) in [4.78, 5) is 0. The summed E-state index contributed by atoms with van der Waals surface area (Å²) in [5.41, 5.74) is 1.98. The van der Waals surface area contributed by atoms with Crippen molar-refractivity contribution in [2.24, 2.45) is 0 Å². The van der Waals surface area contributed by atoms with Gasteiger partial charge in [0.05, 0.1) is 11.4 Å². The molecule has 1 heterocycles. The summed E-state index contributed by atoms with van der Waals surface area (Å²) in [6.07, 6.45) is 3.69. The van der Waals surface area contributed by atoms with Gasteiger partial charge in [-0.3, -0.25) is 0 Å². The monoisotopic (exact) mass is 226 g/mol. The van der Waals surface area contributed by atoms with Crippen molar-refractivity contribution >= 4 is 21.6 Å². The molecule has 0 radical (unpaired) electrons. The summed E-state index contributed by atoms with van der Waals surface area (Å²) >= 11 is 3.39. The number of hydrogen-bond acceptors (Lipinski definition) is 1. The largest absolute Gasteiger partial charge is 0.240 e. The fourth-order valence-electron chi connectivity index (χ4n) is 0.941. The van der Waals surface area contributed by atoms with Crippen molar-refractivity contribution in [1.82, 2.24) is 9.78 Å². The average Bonchev–Trinajstić information content (AvgIpc) is 2.37. The van der Waals surface area contributed by atoms with E-state index in [4.69, 9.17) is 0 Å². The Labute approximate surface area is 80.7 Å². The second-order valence-corrected chi connectivity index (χ2v) is 3.71. The average molecular weight is 227 g/mol. The highest BCUT2D eigenvalue weighted by Gasteiger charge is 1.99. The van der Waals surface area contributed by atoms with E-state index in [0.29, 0.717) is 0 Å². The number of hydrogen-bond donors (Lipinski definition) is 0. The van der Waals surface area contributed by atoms with Gasteiger partial charge in [0.1, 0.15) is 0 Å². The van der Waals surface area contributed by atoms with Crippen LogP contribution in [0.1, 0.15) is 12.6 Å². The van der Waals surface area contributed by atoms with E-state index in [1.165, 1.54) is 0 Å². The lowest BCUT2D eigenvalue weighted by Crippen LogP contribution is -1.96. The molecule has 0 aromatic carbocycles. The Balaban J connectivity index is 3.12. The molecular formula is C9H11BrN2. The van der Waals surface area contributed by atoms with Crippen LogP contribution in [0.5, 0.6) is 0 Å². The van der Waals surface area contributed by atoms with Crippen molar-refractivity contribution in [2.75, 3.05) is 0 Å². The Bertz CT molecular complexity index is 319. The van der Waals surface area contributed by atoms with Crippen LogP contribution in [0.15, 0.2) is 29.4 Å². The number of nitrogens with zero attached hydrogens (tertiary/aromatic N) is 2. The second-order valence-electron chi connectivity index (χ2n) is 2.52. The Morgan fingerprint density at radius 3 is 2.75 bits per heavy atom. The molecule has 0 N–H and O–H groups in total. The fraction of sp³-hybridized carbons (Fsp3) is 0.222. The normalized spacial score (nSPS) is 12.6. The molecule has 0 spiro atoms. The lowest BCUT2D eigenvalue weighted by Gasteiger charge is -2.02. The minimum atomic E-state index is 0.975. The number of halogens is 1. The predicted molar refractivity (Wildman–Crippen MR) is 55.0 cm³/mol. The van der Waals surface area contributed by atoms with E-state index in [-0.39, 0.29) is 0 Å². The lowest BCUT2D eigenvalue weighted by atomic mass is 10.4. The lowest BCUT2D eigenvalue weighted by molar-refractivity contribution is 0.887. The third-order valence-electron chi connectivity index (χ3n) is 1.52. The Kier molecular flexibility index (Phi) is 2.87.